The fourth-order valence-corrected chi connectivity index (χ4v) is 4.82. The molecule has 4 rings (SSSR count). The van der Waals surface area contributed by atoms with Gasteiger partial charge in [-0.05, 0) is 54.7 Å². The van der Waals surface area contributed by atoms with Gasteiger partial charge in [0.15, 0.2) is 0 Å². The Morgan fingerprint density at radius 3 is 2.38 bits per heavy atom. The highest BCUT2D eigenvalue weighted by atomic mass is 16.5. The second-order valence-corrected chi connectivity index (χ2v) is 10.6. The number of nitrogens with one attached hydrogen (secondary N) is 3. The number of hydrogen-bond donors (Lipinski definition) is 4. The zero-order valence-corrected chi connectivity index (χ0v) is 23.6. The highest BCUT2D eigenvalue weighted by molar-refractivity contribution is 5.99. The van der Waals surface area contributed by atoms with E-state index in [0.717, 1.165) is 16.3 Å². The second kappa shape index (κ2) is 14.9. The third-order valence-corrected chi connectivity index (χ3v) is 7.19. The molecule has 0 aliphatic carbocycles. The lowest BCUT2D eigenvalue weighted by atomic mass is 9.94. The van der Waals surface area contributed by atoms with Crippen LogP contribution >= 0.6 is 0 Å². The molecule has 0 saturated heterocycles. The molecule has 3 amide bonds. The van der Waals surface area contributed by atoms with Gasteiger partial charge in [-0.15, -0.1) is 0 Å². The largest absolute Gasteiger partial charge is 0.463 e. The van der Waals surface area contributed by atoms with Gasteiger partial charge in [-0.25, -0.2) is 0 Å². The Kier molecular flexibility index (Phi) is 10.8. The Hall–Kier alpha value is -4.50. The first-order valence-electron chi connectivity index (χ1n) is 14.2. The Morgan fingerprint density at radius 2 is 1.64 bits per heavy atom. The molecule has 3 aromatic rings. The summed E-state index contributed by atoms with van der Waals surface area (Å²) in [6.07, 6.45) is 4.55. The predicted octanol–water partition coefficient (Wildman–Crippen LogP) is 3.52. The highest BCUT2D eigenvalue weighted by Gasteiger charge is 2.30. The number of esters is 1. The number of aliphatic hydroxyl groups is 1. The zero-order chi connectivity index (χ0) is 29.9. The molecule has 1 heterocycles. The molecule has 1 aliphatic heterocycles. The molecule has 0 aromatic heterocycles. The van der Waals surface area contributed by atoms with E-state index in [1.54, 1.807) is 19.1 Å². The van der Waals surface area contributed by atoms with Crippen LogP contribution in [0.15, 0.2) is 84.9 Å². The van der Waals surface area contributed by atoms with Gasteiger partial charge in [-0.2, -0.15) is 0 Å². The Balaban J connectivity index is 1.55. The summed E-state index contributed by atoms with van der Waals surface area (Å²) < 4.78 is 5.62. The van der Waals surface area contributed by atoms with E-state index >= 15 is 0 Å². The first-order chi connectivity index (χ1) is 20.3. The minimum atomic E-state index is -1.18. The molecule has 9 heteroatoms. The molecule has 0 radical (unpaired) electrons. The van der Waals surface area contributed by atoms with Crippen LogP contribution in [0.25, 0.3) is 10.8 Å². The fraction of sp³-hybridized carbons (Fsp3) is 0.333. The van der Waals surface area contributed by atoms with Crippen molar-refractivity contribution in [1.82, 2.24) is 10.6 Å². The van der Waals surface area contributed by atoms with Crippen molar-refractivity contribution in [2.24, 2.45) is 11.8 Å². The van der Waals surface area contributed by atoms with E-state index in [2.05, 4.69) is 16.0 Å². The van der Waals surface area contributed by atoms with E-state index in [1.165, 1.54) is 0 Å². The van der Waals surface area contributed by atoms with Crippen LogP contribution in [-0.2, 0) is 30.3 Å². The number of benzene rings is 3. The van der Waals surface area contributed by atoms with Gasteiger partial charge in [-0.1, -0.05) is 72.8 Å². The number of fused-ring (bicyclic) bond motifs is 1. The number of ether oxygens (including phenoxy) is 1. The summed E-state index contributed by atoms with van der Waals surface area (Å²) in [6, 6.07) is 21.1. The zero-order valence-electron chi connectivity index (χ0n) is 23.6. The number of carbonyl (C=O) groups excluding carboxylic acids is 4. The number of anilines is 1. The van der Waals surface area contributed by atoms with Crippen molar-refractivity contribution >= 4 is 40.2 Å². The highest BCUT2D eigenvalue weighted by Crippen LogP contribution is 2.21. The van der Waals surface area contributed by atoms with Crippen molar-refractivity contribution < 1.29 is 29.0 Å². The van der Waals surface area contributed by atoms with Crippen LogP contribution in [0.5, 0.6) is 0 Å². The second-order valence-electron chi connectivity index (χ2n) is 10.6. The van der Waals surface area contributed by atoms with E-state index in [0.29, 0.717) is 18.5 Å². The molecule has 4 N–H and O–H groups in total. The topological polar surface area (TPSA) is 134 Å². The van der Waals surface area contributed by atoms with Gasteiger partial charge in [0.25, 0.3) is 5.91 Å². The van der Waals surface area contributed by atoms with Gasteiger partial charge >= 0.3 is 5.97 Å². The van der Waals surface area contributed by atoms with Crippen molar-refractivity contribution in [2.75, 3.05) is 18.5 Å². The summed E-state index contributed by atoms with van der Waals surface area (Å²) in [5.74, 6) is -3.17. The van der Waals surface area contributed by atoms with Gasteiger partial charge in [0.2, 0.25) is 11.8 Å². The lowest BCUT2D eigenvalue weighted by Gasteiger charge is -2.24. The minimum Gasteiger partial charge on any atom is -0.463 e. The van der Waals surface area contributed by atoms with Gasteiger partial charge < -0.3 is 25.8 Å². The first-order valence-corrected chi connectivity index (χ1v) is 14.2. The molecule has 0 spiro atoms. The third kappa shape index (κ3) is 8.75. The van der Waals surface area contributed by atoms with Crippen molar-refractivity contribution in [3.8, 4) is 0 Å². The van der Waals surface area contributed by atoms with Crippen LogP contribution in [0, 0.1) is 11.8 Å². The van der Waals surface area contributed by atoms with Gasteiger partial charge in [-0.3, -0.25) is 19.2 Å². The van der Waals surface area contributed by atoms with Crippen molar-refractivity contribution in [2.45, 2.75) is 44.7 Å². The average Bonchev–Trinajstić information content (AvgIpc) is 2.99. The average molecular weight is 572 g/mol. The summed E-state index contributed by atoms with van der Waals surface area (Å²) in [7, 11) is 0. The van der Waals surface area contributed by atoms with Crippen LogP contribution in [0.2, 0.25) is 0 Å². The van der Waals surface area contributed by atoms with Crippen LogP contribution in [0.1, 0.15) is 31.7 Å². The van der Waals surface area contributed by atoms with E-state index < -0.39 is 41.7 Å². The summed E-state index contributed by atoms with van der Waals surface area (Å²) in [6.45, 7) is 1.07. The standard InChI is InChI=1S/C33H37N3O6/c1-22(20-37)34-30(38)19-26-13-7-8-14-27(17-23-9-3-2-4-10-23)33(41)42-21-29(36-31(26)39)32(40)35-28-16-15-24-11-5-6-12-25(24)18-28/h2-12,15-16,18,22,26-27,29,37H,13-14,17,19-21H2,1H3,(H,34,38)(H,35,40)(H,36,39)/t22-,26-,27+,29+/m1/s1. The number of amides is 3. The molecular formula is C33H37N3O6. The number of rotatable bonds is 8. The van der Waals surface area contributed by atoms with Crippen molar-refractivity contribution in [1.29, 1.82) is 0 Å². The Morgan fingerprint density at radius 1 is 0.952 bits per heavy atom. The number of carbonyl (C=O) groups is 4. The third-order valence-electron chi connectivity index (χ3n) is 7.19. The van der Waals surface area contributed by atoms with E-state index in [4.69, 9.17) is 4.74 Å². The Bertz CT molecular complexity index is 1420. The first kappa shape index (κ1) is 30.5. The number of aliphatic hydroxyl groups excluding tert-OH is 1. The molecular weight excluding hydrogens is 534 g/mol. The predicted molar refractivity (Wildman–Crippen MR) is 160 cm³/mol. The SMILES string of the molecule is C[C@H](CO)NC(=O)C[C@H]1CC=CC[C@@H](Cc2ccccc2)C(=O)OC[C@@H](C(=O)Nc2ccc3ccccc3c2)NC1=O. The van der Waals surface area contributed by atoms with Gasteiger partial charge in [0.05, 0.1) is 18.4 Å². The molecule has 0 bridgehead atoms. The van der Waals surface area contributed by atoms with E-state index in [9.17, 15) is 24.3 Å². The molecule has 4 atom stereocenters. The molecule has 42 heavy (non-hydrogen) atoms. The molecule has 0 fully saturated rings. The summed E-state index contributed by atoms with van der Waals surface area (Å²) in [5.41, 5.74) is 1.51. The molecule has 0 unspecified atom stereocenters. The van der Waals surface area contributed by atoms with Crippen LogP contribution < -0.4 is 16.0 Å². The summed E-state index contributed by atoms with van der Waals surface area (Å²) in [5, 5.41) is 19.4. The maximum absolute atomic E-state index is 13.4. The van der Waals surface area contributed by atoms with Crippen LogP contribution in [0.3, 0.4) is 0 Å². The molecule has 3 aromatic carbocycles. The van der Waals surface area contributed by atoms with E-state index in [1.807, 2.05) is 72.8 Å². The fourth-order valence-electron chi connectivity index (χ4n) is 4.82. The molecule has 9 nitrogen and oxygen atoms in total. The number of hydrogen-bond acceptors (Lipinski definition) is 6. The summed E-state index contributed by atoms with van der Waals surface area (Å²) in [4.78, 5) is 52.5. The minimum absolute atomic E-state index is 0.132. The summed E-state index contributed by atoms with van der Waals surface area (Å²) >= 11 is 0. The quantitative estimate of drug-likeness (QED) is 0.242. The maximum Gasteiger partial charge on any atom is 0.309 e. The van der Waals surface area contributed by atoms with Crippen LogP contribution in [0.4, 0.5) is 5.69 Å². The molecule has 1 aliphatic rings. The molecule has 0 saturated carbocycles. The Labute approximate surface area is 245 Å². The van der Waals surface area contributed by atoms with Gasteiger partial charge in [0, 0.05) is 18.2 Å². The monoisotopic (exact) mass is 571 g/mol. The lowest BCUT2D eigenvalue weighted by molar-refractivity contribution is -0.150. The smallest absolute Gasteiger partial charge is 0.309 e. The van der Waals surface area contributed by atoms with Gasteiger partial charge in [0.1, 0.15) is 12.6 Å². The normalized spacial score (nSPS) is 20.4. The lowest BCUT2D eigenvalue weighted by Crippen LogP contribution is -2.50. The maximum atomic E-state index is 13.4. The van der Waals surface area contributed by atoms with Crippen molar-refractivity contribution in [3.63, 3.8) is 0 Å². The number of cyclic esters (lactones) is 1. The number of allylic oxidation sites excluding steroid dienone is 2. The van der Waals surface area contributed by atoms with Crippen LogP contribution in [-0.4, -0.2) is 54.1 Å². The molecule has 220 valence electrons. The van der Waals surface area contributed by atoms with Crippen molar-refractivity contribution in [3.05, 3.63) is 90.5 Å². The van der Waals surface area contributed by atoms with E-state index in [-0.39, 0.29) is 32.0 Å².